The number of benzene rings is 2. The van der Waals surface area contributed by atoms with E-state index in [0.29, 0.717) is 30.1 Å². The van der Waals surface area contributed by atoms with Crippen LogP contribution in [-0.4, -0.2) is 56.9 Å². The lowest BCUT2D eigenvalue weighted by atomic mass is 10.1. The molecule has 0 N–H and O–H groups in total. The van der Waals surface area contributed by atoms with E-state index in [2.05, 4.69) is 4.90 Å². The third-order valence-corrected chi connectivity index (χ3v) is 6.90. The van der Waals surface area contributed by atoms with Crippen LogP contribution < -0.4 is 0 Å². The normalized spacial score (nSPS) is 16.5. The highest BCUT2D eigenvalue weighted by atomic mass is 32.2. The number of sulfonamides is 1. The van der Waals surface area contributed by atoms with E-state index in [9.17, 15) is 13.2 Å². The predicted octanol–water partition coefficient (Wildman–Crippen LogP) is 2.68. The number of hydrogen-bond donors (Lipinski definition) is 0. The average molecular weight is 403 g/mol. The summed E-state index contributed by atoms with van der Waals surface area (Å²) in [6.07, 6.45) is 0.783. The summed E-state index contributed by atoms with van der Waals surface area (Å²) >= 11 is 0. The van der Waals surface area contributed by atoms with Gasteiger partial charge in [0.05, 0.1) is 17.6 Å². The highest BCUT2D eigenvalue weighted by molar-refractivity contribution is 7.89. The highest BCUT2D eigenvalue weighted by Gasteiger charge is 2.26. The molecule has 2 aromatic carbocycles. The van der Waals surface area contributed by atoms with Gasteiger partial charge in [0.15, 0.2) is 0 Å². The van der Waals surface area contributed by atoms with Crippen LogP contribution in [0.25, 0.3) is 0 Å². The Morgan fingerprint density at radius 1 is 0.964 bits per heavy atom. The van der Waals surface area contributed by atoms with Gasteiger partial charge in [-0.3, -0.25) is 4.90 Å². The summed E-state index contributed by atoms with van der Waals surface area (Å²) in [5, 5.41) is 0. The Hall–Kier alpha value is -2.22. The number of rotatable bonds is 5. The van der Waals surface area contributed by atoms with Crippen molar-refractivity contribution in [2.24, 2.45) is 0 Å². The Labute approximate surface area is 166 Å². The minimum Gasteiger partial charge on any atom is -0.465 e. The number of hydrogen-bond acceptors (Lipinski definition) is 5. The van der Waals surface area contributed by atoms with Gasteiger partial charge in [0.1, 0.15) is 0 Å². The summed E-state index contributed by atoms with van der Waals surface area (Å²) in [6.45, 7) is 5.16. The molecule has 0 radical (unpaired) electrons. The fourth-order valence-electron chi connectivity index (χ4n) is 3.33. The second kappa shape index (κ2) is 8.86. The maximum Gasteiger partial charge on any atom is 0.337 e. The third-order valence-electron chi connectivity index (χ3n) is 4.99. The lowest BCUT2D eigenvalue weighted by Gasteiger charge is -2.22. The van der Waals surface area contributed by atoms with Gasteiger partial charge in [-0.05, 0) is 49.7 Å². The highest BCUT2D eigenvalue weighted by Crippen LogP contribution is 2.19. The first-order chi connectivity index (χ1) is 13.4. The Kier molecular flexibility index (Phi) is 6.49. The van der Waals surface area contributed by atoms with Crippen LogP contribution in [0.2, 0.25) is 0 Å². The van der Waals surface area contributed by atoms with Crippen molar-refractivity contribution >= 4 is 16.0 Å². The fraction of sp³-hybridized carbons (Fsp3) is 0.381. The van der Waals surface area contributed by atoms with Crippen LogP contribution in [0.5, 0.6) is 0 Å². The second-order valence-electron chi connectivity index (χ2n) is 7.04. The molecule has 7 heteroatoms. The SMILES string of the molecule is COC(=O)c1ccc(CN2CCCN(S(=O)(=O)c3ccc(C)cc3)CC2)cc1. The first-order valence-electron chi connectivity index (χ1n) is 9.36. The molecule has 0 atom stereocenters. The van der Waals surface area contributed by atoms with Gasteiger partial charge < -0.3 is 4.74 Å². The average Bonchev–Trinajstić information content (AvgIpc) is 2.94. The lowest BCUT2D eigenvalue weighted by Crippen LogP contribution is -2.35. The summed E-state index contributed by atoms with van der Waals surface area (Å²) in [5.41, 5.74) is 2.65. The van der Waals surface area contributed by atoms with E-state index in [0.717, 1.165) is 30.6 Å². The molecule has 0 bridgehead atoms. The molecule has 0 amide bonds. The number of carbonyl (C=O) groups is 1. The van der Waals surface area contributed by atoms with Crippen molar-refractivity contribution in [3.8, 4) is 0 Å². The first kappa shape index (κ1) is 20.5. The van der Waals surface area contributed by atoms with Crippen LogP contribution in [-0.2, 0) is 21.3 Å². The quantitative estimate of drug-likeness (QED) is 0.720. The van der Waals surface area contributed by atoms with E-state index in [-0.39, 0.29) is 5.97 Å². The van der Waals surface area contributed by atoms with Gasteiger partial charge in [-0.15, -0.1) is 0 Å². The summed E-state index contributed by atoms with van der Waals surface area (Å²) in [5.74, 6) is -0.349. The molecule has 0 aliphatic carbocycles. The van der Waals surface area contributed by atoms with Gasteiger partial charge in [0.2, 0.25) is 10.0 Å². The van der Waals surface area contributed by atoms with Crippen molar-refractivity contribution in [2.45, 2.75) is 24.8 Å². The molecular weight excluding hydrogens is 376 g/mol. The molecule has 1 saturated heterocycles. The van der Waals surface area contributed by atoms with Crippen LogP contribution in [0.4, 0.5) is 0 Å². The summed E-state index contributed by atoms with van der Waals surface area (Å²) in [4.78, 5) is 14.1. The molecule has 1 heterocycles. The van der Waals surface area contributed by atoms with Gasteiger partial charge in [-0.1, -0.05) is 29.8 Å². The zero-order valence-electron chi connectivity index (χ0n) is 16.3. The molecule has 150 valence electrons. The number of aryl methyl sites for hydroxylation is 1. The van der Waals surface area contributed by atoms with Crippen LogP contribution >= 0.6 is 0 Å². The van der Waals surface area contributed by atoms with Crippen molar-refractivity contribution in [1.29, 1.82) is 0 Å². The standard InChI is InChI=1S/C21H26N2O4S/c1-17-4-10-20(11-5-17)28(25,26)23-13-3-12-22(14-15-23)16-18-6-8-19(9-7-18)21(24)27-2/h4-11H,3,12-16H2,1-2H3. The molecule has 0 saturated carbocycles. The molecule has 1 aliphatic rings. The van der Waals surface area contributed by atoms with Crippen molar-refractivity contribution in [3.63, 3.8) is 0 Å². The first-order valence-corrected chi connectivity index (χ1v) is 10.8. The molecule has 0 aromatic heterocycles. The number of esters is 1. The van der Waals surface area contributed by atoms with Gasteiger partial charge in [-0.25, -0.2) is 13.2 Å². The van der Waals surface area contributed by atoms with Crippen LogP contribution in [0.15, 0.2) is 53.4 Å². The van der Waals surface area contributed by atoms with Gasteiger partial charge in [0, 0.05) is 26.2 Å². The maximum atomic E-state index is 12.9. The predicted molar refractivity (Wildman–Crippen MR) is 108 cm³/mol. The van der Waals surface area contributed by atoms with Crippen molar-refractivity contribution in [3.05, 3.63) is 65.2 Å². The lowest BCUT2D eigenvalue weighted by molar-refractivity contribution is 0.0600. The smallest absolute Gasteiger partial charge is 0.337 e. The zero-order valence-corrected chi connectivity index (χ0v) is 17.1. The van der Waals surface area contributed by atoms with Gasteiger partial charge in [-0.2, -0.15) is 4.31 Å². The molecule has 1 fully saturated rings. The Morgan fingerprint density at radius 3 is 2.29 bits per heavy atom. The van der Waals surface area contributed by atoms with Crippen LogP contribution in [0, 0.1) is 6.92 Å². The topological polar surface area (TPSA) is 66.9 Å². The van der Waals surface area contributed by atoms with Crippen molar-refractivity contribution in [1.82, 2.24) is 9.21 Å². The molecule has 1 aliphatic heterocycles. The molecule has 2 aromatic rings. The Morgan fingerprint density at radius 2 is 1.64 bits per heavy atom. The molecular formula is C21H26N2O4S. The monoisotopic (exact) mass is 402 g/mol. The Bertz CT molecular complexity index is 908. The third kappa shape index (κ3) is 4.79. The number of nitrogens with zero attached hydrogens (tertiary/aromatic N) is 2. The summed E-state index contributed by atoms with van der Waals surface area (Å²) in [7, 11) is -2.10. The molecule has 0 spiro atoms. The van der Waals surface area contributed by atoms with Crippen molar-refractivity contribution < 1.29 is 17.9 Å². The van der Waals surface area contributed by atoms with Crippen molar-refractivity contribution in [2.75, 3.05) is 33.3 Å². The van der Waals surface area contributed by atoms with Crippen LogP contribution in [0.3, 0.4) is 0 Å². The van der Waals surface area contributed by atoms with E-state index in [1.165, 1.54) is 7.11 Å². The van der Waals surface area contributed by atoms with E-state index in [1.807, 2.05) is 31.2 Å². The molecule has 3 rings (SSSR count). The Balaban J connectivity index is 1.63. The molecule has 0 unspecified atom stereocenters. The van der Waals surface area contributed by atoms with E-state index < -0.39 is 10.0 Å². The van der Waals surface area contributed by atoms with E-state index in [1.54, 1.807) is 28.6 Å². The zero-order chi connectivity index (χ0) is 20.1. The fourth-order valence-corrected chi connectivity index (χ4v) is 4.80. The minimum atomic E-state index is -3.46. The van der Waals surface area contributed by atoms with Crippen LogP contribution in [0.1, 0.15) is 27.9 Å². The van der Waals surface area contributed by atoms with E-state index in [4.69, 9.17) is 4.74 Å². The number of carbonyl (C=O) groups excluding carboxylic acids is 1. The maximum absolute atomic E-state index is 12.9. The largest absolute Gasteiger partial charge is 0.465 e. The van der Waals surface area contributed by atoms with Gasteiger partial charge in [0.25, 0.3) is 0 Å². The van der Waals surface area contributed by atoms with Gasteiger partial charge >= 0.3 is 5.97 Å². The molecule has 28 heavy (non-hydrogen) atoms. The van der Waals surface area contributed by atoms with E-state index >= 15 is 0 Å². The summed E-state index contributed by atoms with van der Waals surface area (Å²) in [6, 6.07) is 14.4. The second-order valence-corrected chi connectivity index (χ2v) is 8.97. The number of methoxy groups -OCH3 is 1. The molecule has 6 nitrogen and oxygen atoms in total. The summed E-state index contributed by atoms with van der Waals surface area (Å²) < 4.78 is 32.1. The minimum absolute atomic E-state index is 0.349. The number of ether oxygens (including phenoxy) is 1.